The molecule has 0 saturated carbocycles. The van der Waals surface area contributed by atoms with E-state index >= 15 is 0 Å². The summed E-state index contributed by atoms with van der Waals surface area (Å²) in [7, 11) is 0. The number of rotatable bonds is 5. The molecule has 0 radical (unpaired) electrons. The molecule has 2 aromatic rings. The topological polar surface area (TPSA) is 148 Å². The zero-order valence-corrected chi connectivity index (χ0v) is 9.26. The third kappa shape index (κ3) is 2.30. The molecule has 0 fully saturated rings. The molecule has 2 heterocycles. The zero-order chi connectivity index (χ0) is 13.0. The van der Waals surface area contributed by atoms with Crippen molar-refractivity contribution in [1.82, 2.24) is 19.5 Å². The van der Waals surface area contributed by atoms with Crippen molar-refractivity contribution < 1.29 is 9.84 Å². The Hall–Kier alpha value is -2.42. The fraction of sp³-hybridized carbons (Fsp3) is 0.375. The first kappa shape index (κ1) is 12.0. The molecule has 0 spiro atoms. The minimum Gasteiger partial charge on any atom is -0.394 e. The van der Waals surface area contributed by atoms with Crippen molar-refractivity contribution in [2.75, 3.05) is 18.9 Å². The van der Waals surface area contributed by atoms with Crippen LogP contribution < -0.4 is 5.73 Å². The number of aromatic nitrogens is 4. The Bertz CT molecular complexity index is 602. The van der Waals surface area contributed by atoms with E-state index in [1.54, 1.807) is 4.57 Å². The van der Waals surface area contributed by atoms with Crippen molar-refractivity contribution in [3.63, 3.8) is 0 Å². The second-order valence-corrected chi connectivity index (χ2v) is 3.25. The molecule has 0 saturated heterocycles. The van der Waals surface area contributed by atoms with Crippen LogP contribution in [0.2, 0.25) is 0 Å². The summed E-state index contributed by atoms with van der Waals surface area (Å²) in [5.74, 6) is 0.0507. The van der Waals surface area contributed by atoms with Crippen LogP contribution in [0.3, 0.4) is 0 Å². The highest BCUT2D eigenvalue weighted by Crippen LogP contribution is 2.19. The summed E-state index contributed by atoms with van der Waals surface area (Å²) in [5, 5.41) is 11.9. The number of nitrogens with zero attached hydrogens (tertiary/aromatic N) is 7. The SMILES string of the molecule is [N-]=[N+]=Nc1nc(N)c2ncn(COCCO)c2n1. The van der Waals surface area contributed by atoms with Gasteiger partial charge in [0.2, 0.25) is 5.95 Å². The molecule has 10 heteroatoms. The molecule has 2 rings (SSSR count). The number of hydrogen-bond acceptors (Lipinski definition) is 7. The molecule has 0 atom stereocenters. The monoisotopic (exact) mass is 250 g/mol. The highest BCUT2D eigenvalue weighted by molar-refractivity contribution is 5.82. The minimum absolute atomic E-state index is 0.0757. The van der Waals surface area contributed by atoms with E-state index in [0.29, 0.717) is 11.2 Å². The number of nitrogen functional groups attached to an aromatic ring is 1. The van der Waals surface area contributed by atoms with Gasteiger partial charge in [-0.3, -0.25) is 4.57 Å². The van der Waals surface area contributed by atoms with Gasteiger partial charge in [-0.05, 0) is 10.6 Å². The van der Waals surface area contributed by atoms with E-state index in [4.69, 9.17) is 21.1 Å². The molecule has 0 bridgehead atoms. The normalized spacial score (nSPS) is 10.5. The van der Waals surface area contributed by atoms with E-state index in [1.165, 1.54) is 6.33 Å². The van der Waals surface area contributed by atoms with Gasteiger partial charge in [0.1, 0.15) is 12.2 Å². The van der Waals surface area contributed by atoms with Crippen molar-refractivity contribution in [2.45, 2.75) is 6.73 Å². The standard InChI is InChI=1S/C8H10N8O2/c9-6-5-7(13-8(12-6)14-15-10)16(3-11-5)4-18-2-1-17/h3,17H,1-2,4H2,(H2,9,12,13). The molecule has 0 aromatic carbocycles. The molecule has 0 amide bonds. The van der Waals surface area contributed by atoms with E-state index in [9.17, 15) is 0 Å². The number of anilines is 1. The molecule has 0 unspecified atom stereocenters. The van der Waals surface area contributed by atoms with Gasteiger partial charge in [0.15, 0.2) is 11.5 Å². The van der Waals surface area contributed by atoms with Gasteiger partial charge >= 0.3 is 0 Å². The van der Waals surface area contributed by atoms with Crippen LogP contribution in [0.4, 0.5) is 11.8 Å². The van der Waals surface area contributed by atoms with Gasteiger partial charge in [-0.25, -0.2) is 15.0 Å². The van der Waals surface area contributed by atoms with Crippen LogP contribution in [-0.2, 0) is 11.5 Å². The summed E-state index contributed by atoms with van der Waals surface area (Å²) in [6.45, 7) is 0.278. The number of fused-ring (bicyclic) bond motifs is 1. The Morgan fingerprint density at radius 2 is 2.39 bits per heavy atom. The predicted molar refractivity (Wildman–Crippen MR) is 61.6 cm³/mol. The maximum absolute atomic E-state index is 8.62. The van der Waals surface area contributed by atoms with Crippen molar-refractivity contribution in [3.05, 3.63) is 16.8 Å². The Kier molecular flexibility index (Phi) is 3.53. The van der Waals surface area contributed by atoms with Crippen molar-refractivity contribution >= 4 is 22.9 Å². The summed E-state index contributed by atoms with van der Waals surface area (Å²) in [6.07, 6.45) is 1.48. The lowest BCUT2D eigenvalue weighted by Gasteiger charge is -2.04. The number of imidazole rings is 1. The largest absolute Gasteiger partial charge is 0.394 e. The summed E-state index contributed by atoms with van der Waals surface area (Å²) in [4.78, 5) is 14.4. The average molecular weight is 250 g/mol. The van der Waals surface area contributed by atoms with E-state index < -0.39 is 0 Å². The van der Waals surface area contributed by atoms with Crippen LogP contribution >= 0.6 is 0 Å². The maximum Gasteiger partial charge on any atom is 0.220 e. The number of hydrogen-bond donors (Lipinski definition) is 2. The minimum atomic E-state index is -0.0774. The number of ether oxygens (including phenoxy) is 1. The summed E-state index contributed by atoms with van der Waals surface area (Å²) in [5.41, 5.74) is 14.8. The Labute approximate surface area is 101 Å². The zero-order valence-electron chi connectivity index (χ0n) is 9.26. The lowest BCUT2D eigenvalue weighted by Crippen LogP contribution is -2.06. The smallest absolute Gasteiger partial charge is 0.220 e. The van der Waals surface area contributed by atoms with Gasteiger partial charge in [-0.15, -0.1) is 0 Å². The first-order valence-corrected chi connectivity index (χ1v) is 4.98. The molecular formula is C8H10N8O2. The quantitative estimate of drug-likeness (QED) is 0.337. The van der Waals surface area contributed by atoms with E-state index in [2.05, 4.69) is 25.0 Å². The summed E-state index contributed by atoms with van der Waals surface area (Å²) >= 11 is 0. The van der Waals surface area contributed by atoms with Crippen LogP contribution in [0.15, 0.2) is 11.4 Å². The number of nitrogens with two attached hydrogens (primary N) is 1. The van der Waals surface area contributed by atoms with Crippen LogP contribution in [0.25, 0.3) is 21.6 Å². The van der Waals surface area contributed by atoms with Gasteiger partial charge in [-0.1, -0.05) is 0 Å². The van der Waals surface area contributed by atoms with Crippen LogP contribution in [0, 0.1) is 0 Å². The van der Waals surface area contributed by atoms with E-state index in [0.717, 1.165) is 0 Å². The number of azide groups is 1. The first-order valence-electron chi connectivity index (χ1n) is 4.98. The molecule has 18 heavy (non-hydrogen) atoms. The average Bonchev–Trinajstić information content (AvgIpc) is 2.74. The molecular weight excluding hydrogens is 240 g/mol. The Balaban J connectivity index is 2.39. The molecule has 94 valence electrons. The van der Waals surface area contributed by atoms with Crippen LogP contribution in [0.5, 0.6) is 0 Å². The van der Waals surface area contributed by atoms with Gasteiger partial charge in [0.05, 0.1) is 19.5 Å². The van der Waals surface area contributed by atoms with Crippen LogP contribution in [0.1, 0.15) is 0 Å². The molecule has 0 aliphatic heterocycles. The van der Waals surface area contributed by atoms with Crippen molar-refractivity contribution in [3.8, 4) is 0 Å². The van der Waals surface area contributed by atoms with Gasteiger partial charge < -0.3 is 15.6 Å². The Morgan fingerprint density at radius 3 is 3.11 bits per heavy atom. The van der Waals surface area contributed by atoms with Crippen molar-refractivity contribution in [2.24, 2.45) is 5.11 Å². The van der Waals surface area contributed by atoms with E-state index in [1.807, 2.05) is 0 Å². The highest BCUT2D eigenvalue weighted by atomic mass is 16.5. The summed E-state index contributed by atoms with van der Waals surface area (Å²) in [6, 6.07) is 0. The second-order valence-electron chi connectivity index (χ2n) is 3.25. The van der Waals surface area contributed by atoms with Gasteiger partial charge in [0, 0.05) is 4.91 Å². The third-order valence-electron chi connectivity index (χ3n) is 2.08. The lowest BCUT2D eigenvalue weighted by atomic mass is 10.5. The molecule has 10 nitrogen and oxygen atoms in total. The number of aliphatic hydroxyl groups excluding tert-OH is 1. The van der Waals surface area contributed by atoms with Crippen LogP contribution in [-0.4, -0.2) is 37.8 Å². The number of aliphatic hydroxyl groups is 1. The highest BCUT2D eigenvalue weighted by Gasteiger charge is 2.10. The maximum atomic E-state index is 8.62. The third-order valence-corrected chi connectivity index (χ3v) is 2.08. The van der Waals surface area contributed by atoms with E-state index in [-0.39, 0.29) is 31.7 Å². The first-order chi connectivity index (χ1) is 8.76. The fourth-order valence-corrected chi connectivity index (χ4v) is 1.36. The molecule has 3 N–H and O–H groups in total. The predicted octanol–water partition coefficient (Wildman–Crippen LogP) is 0.317. The van der Waals surface area contributed by atoms with Gasteiger partial charge in [0.25, 0.3) is 0 Å². The lowest BCUT2D eigenvalue weighted by molar-refractivity contribution is 0.0499. The second kappa shape index (κ2) is 5.27. The molecule has 0 aliphatic carbocycles. The fourth-order valence-electron chi connectivity index (χ4n) is 1.36. The molecule has 0 aliphatic rings. The summed E-state index contributed by atoms with van der Waals surface area (Å²) < 4.78 is 6.71. The molecule has 2 aromatic heterocycles. The van der Waals surface area contributed by atoms with Gasteiger partial charge in [-0.2, -0.15) is 0 Å². The van der Waals surface area contributed by atoms with Crippen molar-refractivity contribution in [1.29, 1.82) is 0 Å². The Morgan fingerprint density at radius 1 is 1.56 bits per heavy atom.